The smallest absolute Gasteiger partial charge is 0.316 e. The van der Waals surface area contributed by atoms with E-state index in [4.69, 9.17) is 4.74 Å². The first-order valence-corrected chi connectivity index (χ1v) is 3.32. The van der Waals surface area contributed by atoms with Gasteiger partial charge in [0.05, 0.1) is 0 Å². The Labute approximate surface area is 59.4 Å². The minimum Gasteiger partial charge on any atom is -0.462 e. The van der Waals surface area contributed by atoms with E-state index in [9.17, 15) is 9.59 Å². The summed E-state index contributed by atoms with van der Waals surface area (Å²) in [4.78, 5) is 21.0. The summed E-state index contributed by atoms with van der Waals surface area (Å²) in [6.07, 6.45) is 0.555. The van der Waals surface area contributed by atoms with E-state index >= 15 is 0 Å². The van der Waals surface area contributed by atoms with Crippen molar-refractivity contribution in [1.82, 2.24) is 0 Å². The normalized spacial score (nSPS) is 39.4. The first-order chi connectivity index (χ1) is 4.66. The molecule has 1 saturated heterocycles. The Hall–Kier alpha value is -0.860. The maximum atomic E-state index is 10.8. The van der Waals surface area contributed by atoms with Crippen molar-refractivity contribution in [3.63, 3.8) is 0 Å². The summed E-state index contributed by atoms with van der Waals surface area (Å²) in [6.45, 7) is 3.64. The number of ether oxygens (including phenoxy) is 1. The summed E-state index contributed by atoms with van der Waals surface area (Å²) in [5.41, 5.74) is 0. The van der Waals surface area contributed by atoms with Crippen molar-refractivity contribution in [2.24, 2.45) is 11.8 Å². The van der Waals surface area contributed by atoms with E-state index < -0.39 is 5.92 Å². The molecule has 0 amide bonds. The molecule has 0 aliphatic carbocycles. The quantitative estimate of drug-likeness (QED) is 0.302. The van der Waals surface area contributed by atoms with Crippen molar-refractivity contribution < 1.29 is 14.3 Å². The van der Waals surface area contributed by atoms with Crippen LogP contribution in [0, 0.1) is 11.8 Å². The third-order valence-electron chi connectivity index (χ3n) is 2.03. The van der Waals surface area contributed by atoms with Crippen molar-refractivity contribution >= 4 is 12.3 Å². The molecule has 1 heterocycles. The molecule has 3 atom stereocenters. The van der Waals surface area contributed by atoms with Crippen LogP contribution in [0.1, 0.15) is 13.8 Å². The van der Waals surface area contributed by atoms with Crippen LogP contribution in [-0.4, -0.2) is 18.4 Å². The molecule has 0 N–H and O–H groups in total. The molecular weight excluding hydrogens is 132 g/mol. The van der Waals surface area contributed by atoms with Crippen LogP contribution in [0.15, 0.2) is 0 Å². The first kappa shape index (κ1) is 7.25. The van der Waals surface area contributed by atoms with E-state index in [0.717, 1.165) is 0 Å². The van der Waals surface area contributed by atoms with Crippen LogP contribution in [0.5, 0.6) is 0 Å². The number of hydrogen-bond acceptors (Lipinski definition) is 3. The summed E-state index contributed by atoms with van der Waals surface area (Å²) in [5.74, 6) is -0.880. The lowest BCUT2D eigenvalue weighted by Gasteiger charge is -2.06. The third-order valence-corrected chi connectivity index (χ3v) is 2.03. The van der Waals surface area contributed by atoms with Crippen molar-refractivity contribution in [1.29, 1.82) is 0 Å². The van der Waals surface area contributed by atoms with E-state index in [1.54, 1.807) is 6.92 Å². The van der Waals surface area contributed by atoms with Gasteiger partial charge in [-0.05, 0) is 6.92 Å². The second-order valence-electron chi connectivity index (χ2n) is 2.66. The molecule has 3 heteroatoms. The summed E-state index contributed by atoms with van der Waals surface area (Å²) in [6, 6.07) is 0. The van der Waals surface area contributed by atoms with Gasteiger partial charge < -0.3 is 9.53 Å². The molecule has 10 heavy (non-hydrogen) atoms. The highest BCUT2D eigenvalue weighted by molar-refractivity contribution is 5.89. The van der Waals surface area contributed by atoms with Crippen LogP contribution >= 0.6 is 0 Å². The second kappa shape index (κ2) is 2.40. The van der Waals surface area contributed by atoms with E-state index in [0.29, 0.717) is 6.29 Å². The standard InChI is InChI=1S/C7H10O3/c1-4-5(2)10-7(9)6(4)3-8/h3-6H,1-2H3. The third kappa shape index (κ3) is 0.916. The number of carbonyl (C=O) groups excluding carboxylic acids is 2. The maximum absolute atomic E-state index is 10.8. The van der Waals surface area contributed by atoms with Crippen LogP contribution in [0.2, 0.25) is 0 Å². The number of aldehydes is 1. The van der Waals surface area contributed by atoms with Crippen molar-refractivity contribution in [3.05, 3.63) is 0 Å². The number of hydrogen-bond donors (Lipinski definition) is 0. The molecular formula is C7H10O3. The molecule has 3 unspecified atom stereocenters. The zero-order chi connectivity index (χ0) is 7.72. The highest BCUT2D eigenvalue weighted by atomic mass is 16.6. The molecule has 0 aromatic rings. The van der Waals surface area contributed by atoms with Gasteiger partial charge in [0.1, 0.15) is 18.3 Å². The topological polar surface area (TPSA) is 43.4 Å². The predicted octanol–water partition coefficient (Wildman–Crippen LogP) is 0.383. The fourth-order valence-electron chi connectivity index (χ4n) is 1.06. The molecule has 1 fully saturated rings. The highest BCUT2D eigenvalue weighted by Gasteiger charge is 2.38. The van der Waals surface area contributed by atoms with Gasteiger partial charge in [0.2, 0.25) is 0 Å². The van der Waals surface area contributed by atoms with Gasteiger partial charge in [-0.2, -0.15) is 0 Å². The molecule has 1 aliphatic rings. The largest absolute Gasteiger partial charge is 0.462 e. The highest BCUT2D eigenvalue weighted by Crippen LogP contribution is 2.25. The molecule has 0 radical (unpaired) electrons. The molecule has 0 spiro atoms. The Morgan fingerprint density at radius 2 is 2.10 bits per heavy atom. The van der Waals surface area contributed by atoms with E-state index in [1.807, 2.05) is 6.92 Å². The summed E-state index contributed by atoms with van der Waals surface area (Å²) in [7, 11) is 0. The van der Waals surface area contributed by atoms with Crippen molar-refractivity contribution in [3.8, 4) is 0 Å². The SMILES string of the molecule is CC1OC(=O)C(C=O)C1C. The van der Waals surface area contributed by atoms with Crippen molar-refractivity contribution in [2.45, 2.75) is 20.0 Å². The van der Waals surface area contributed by atoms with Gasteiger partial charge in [0.25, 0.3) is 0 Å². The van der Waals surface area contributed by atoms with Crippen LogP contribution in [0.3, 0.4) is 0 Å². The Morgan fingerprint density at radius 3 is 2.30 bits per heavy atom. The van der Waals surface area contributed by atoms with Crippen LogP contribution < -0.4 is 0 Å². The van der Waals surface area contributed by atoms with Crippen molar-refractivity contribution in [2.75, 3.05) is 0 Å². The second-order valence-corrected chi connectivity index (χ2v) is 2.66. The lowest BCUT2D eigenvalue weighted by molar-refractivity contribution is -0.144. The molecule has 1 aliphatic heterocycles. The van der Waals surface area contributed by atoms with Crippen LogP contribution in [-0.2, 0) is 14.3 Å². The molecule has 0 aromatic carbocycles. The summed E-state index contributed by atoms with van der Waals surface area (Å²) >= 11 is 0. The maximum Gasteiger partial charge on any atom is 0.316 e. The van der Waals surface area contributed by atoms with Crippen LogP contribution in [0.25, 0.3) is 0 Å². The molecule has 3 nitrogen and oxygen atoms in total. The van der Waals surface area contributed by atoms with Crippen LogP contribution in [0.4, 0.5) is 0 Å². The minimum atomic E-state index is -0.532. The van der Waals surface area contributed by atoms with Gasteiger partial charge >= 0.3 is 5.97 Å². The average Bonchev–Trinajstić information content (AvgIpc) is 2.09. The monoisotopic (exact) mass is 142 g/mol. The molecule has 56 valence electrons. The van der Waals surface area contributed by atoms with E-state index in [-0.39, 0.29) is 18.0 Å². The average molecular weight is 142 g/mol. The fourth-order valence-corrected chi connectivity index (χ4v) is 1.06. The van der Waals surface area contributed by atoms with Gasteiger partial charge in [-0.15, -0.1) is 0 Å². The van der Waals surface area contributed by atoms with Gasteiger partial charge in [-0.3, -0.25) is 4.79 Å². The lowest BCUT2D eigenvalue weighted by atomic mass is 9.95. The number of cyclic esters (lactones) is 1. The zero-order valence-corrected chi connectivity index (χ0v) is 6.03. The van der Waals surface area contributed by atoms with Gasteiger partial charge in [-0.1, -0.05) is 6.92 Å². The number of carbonyl (C=O) groups is 2. The number of esters is 1. The van der Waals surface area contributed by atoms with E-state index in [1.165, 1.54) is 0 Å². The lowest BCUT2D eigenvalue weighted by Crippen LogP contribution is -2.16. The number of rotatable bonds is 1. The Kier molecular flexibility index (Phi) is 1.74. The fraction of sp³-hybridized carbons (Fsp3) is 0.714. The Balaban J connectivity index is 2.73. The predicted molar refractivity (Wildman–Crippen MR) is 34.3 cm³/mol. The summed E-state index contributed by atoms with van der Waals surface area (Å²) in [5, 5.41) is 0. The molecule has 1 rings (SSSR count). The molecule has 0 bridgehead atoms. The molecule has 0 aromatic heterocycles. The van der Waals surface area contributed by atoms with E-state index in [2.05, 4.69) is 0 Å². The zero-order valence-electron chi connectivity index (χ0n) is 6.03. The Bertz CT molecular complexity index is 164. The van der Waals surface area contributed by atoms with Gasteiger partial charge in [0.15, 0.2) is 0 Å². The van der Waals surface area contributed by atoms with Gasteiger partial charge in [-0.25, -0.2) is 0 Å². The summed E-state index contributed by atoms with van der Waals surface area (Å²) < 4.78 is 4.81. The molecule has 0 saturated carbocycles. The van der Waals surface area contributed by atoms with Gasteiger partial charge in [0, 0.05) is 5.92 Å². The Morgan fingerprint density at radius 1 is 1.50 bits per heavy atom. The first-order valence-electron chi connectivity index (χ1n) is 3.32. The minimum absolute atomic E-state index is 0.0324.